The third kappa shape index (κ3) is 6.57. The molecule has 196 valence electrons. The lowest BCUT2D eigenvalue weighted by atomic mass is 9.79. The summed E-state index contributed by atoms with van der Waals surface area (Å²) >= 11 is 0. The molecule has 0 aliphatic heterocycles. The van der Waals surface area contributed by atoms with E-state index in [1.807, 2.05) is 0 Å². The molecule has 0 heterocycles. The maximum absolute atomic E-state index is 12.3. The molecule has 7 N–H and O–H groups in total. The highest BCUT2D eigenvalue weighted by atomic mass is 16.6. The number of aromatic hydroxyl groups is 4. The number of phenolic OH excluding ortho intramolecular Hbond substituents is 4. The standard InChI is InChI=1S/C25H24O12/c26-15-5-1-13(9-17(15)28)3-7-21(32)36-23-19(30)11-25(24(34)35,12-20(23)31)37-22(33)8-4-14-2-6-16(27)18(29)10-14/h1-10,19-20,23,26-31H,11-12H2,(H,34,35)/b7-3+,8-4+/t19-,20-,23-,25+/m1/s1. The van der Waals surface area contributed by atoms with Gasteiger partial charge in [0.25, 0.3) is 0 Å². The number of aliphatic hydroxyl groups excluding tert-OH is 2. The van der Waals surface area contributed by atoms with Gasteiger partial charge in [0.05, 0.1) is 12.2 Å². The number of aliphatic carboxylic acids is 1. The monoisotopic (exact) mass is 516 g/mol. The van der Waals surface area contributed by atoms with E-state index in [2.05, 4.69) is 0 Å². The van der Waals surface area contributed by atoms with Gasteiger partial charge >= 0.3 is 17.9 Å². The number of carbonyl (C=O) groups is 3. The van der Waals surface area contributed by atoms with Crippen LogP contribution in [0.4, 0.5) is 0 Å². The smallest absolute Gasteiger partial charge is 0.348 e. The quantitative estimate of drug-likeness (QED) is 0.156. The molecule has 3 rings (SSSR count). The molecule has 2 atom stereocenters. The van der Waals surface area contributed by atoms with Crippen molar-refractivity contribution in [2.45, 2.75) is 36.8 Å². The number of hydrogen-bond donors (Lipinski definition) is 7. The average Bonchev–Trinajstić information content (AvgIpc) is 2.83. The van der Waals surface area contributed by atoms with Gasteiger partial charge in [-0.2, -0.15) is 0 Å². The molecule has 0 amide bonds. The van der Waals surface area contributed by atoms with Crippen LogP contribution in [0.15, 0.2) is 48.6 Å². The number of aliphatic hydroxyl groups is 2. The Balaban J connectivity index is 1.66. The zero-order valence-corrected chi connectivity index (χ0v) is 19.1. The van der Waals surface area contributed by atoms with Gasteiger partial charge in [-0.15, -0.1) is 0 Å². The lowest BCUT2D eigenvalue weighted by Gasteiger charge is -2.41. The minimum Gasteiger partial charge on any atom is -0.504 e. The van der Waals surface area contributed by atoms with E-state index in [4.69, 9.17) is 9.47 Å². The molecule has 2 aromatic carbocycles. The van der Waals surface area contributed by atoms with Gasteiger partial charge in [0, 0.05) is 25.0 Å². The Hall–Kier alpha value is -4.55. The second-order valence-corrected chi connectivity index (χ2v) is 8.33. The van der Waals surface area contributed by atoms with Crippen LogP contribution in [0.5, 0.6) is 23.0 Å². The maximum Gasteiger partial charge on any atom is 0.348 e. The largest absolute Gasteiger partial charge is 0.504 e. The first kappa shape index (κ1) is 27.0. The normalized spacial score (nSPS) is 23.7. The molecular formula is C25H24O12. The Labute approximate surface area is 209 Å². The topological polar surface area (TPSA) is 211 Å². The molecule has 12 heteroatoms. The SMILES string of the molecule is O=C(/C=C/c1ccc(O)c(O)c1)O[C@H]1[C@H](O)C[C@](OC(=O)/C=C/c2ccc(O)c(O)c2)(C(=O)O)C[C@H]1O. The van der Waals surface area contributed by atoms with Crippen molar-refractivity contribution in [2.24, 2.45) is 0 Å². The molecule has 2 aromatic rings. The number of carbonyl (C=O) groups excluding carboxylic acids is 2. The number of carboxylic acid groups (broad SMARTS) is 1. The van der Waals surface area contributed by atoms with E-state index in [1.165, 1.54) is 42.5 Å². The maximum atomic E-state index is 12.3. The van der Waals surface area contributed by atoms with Crippen molar-refractivity contribution in [3.8, 4) is 23.0 Å². The Morgan fingerprint density at radius 1 is 0.757 bits per heavy atom. The van der Waals surface area contributed by atoms with E-state index < -0.39 is 66.2 Å². The van der Waals surface area contributed by atoms with Crippen LogP contribution in [0.1, 0.15) is 24.0 Å². The van der Waals surface area contributed by atoms with E-state index in [0.29, 0.717) is 11.1 Å². The Morgan fingerprint density at radius 2 is 1.22 bits per heavy atom. The molecule has 1 fully saturated rings. The fourth-order valence-corrected chi connectivity index (χ4v) is 3.72. The first-order chi connectivity index (χ1) is 17.4. The number of ether oxygens (including phenoxy) is 2. The number of rotatable bonds is 7. The molecule has 0 saturated heterocycles. The highest BCUT2D eigenvalue weighted by Gasteiger charge is 2.54. The predicted molar refractivity (Wildman–Crippen MR) is 125 cm³/mol. The highest BCUT2D eigenvalue weighted by molar-refractivity contribution is 5.91. The van der Waals surface area contributed by atoms with Crippen molar-refractivity contribution < 1.29 is 59.6 Å². The van der Waals surface area contributed by atoms with Crippen LogP contribution in [0.2, 0.25) is 0 Å². The second kappa shape index (κ2) is 11.0. The number of esters is 2. The molecule has 0 radical (unpaired) electrons. The second-order valence-electron chi connectivity index (χ2n) is 8.33. The van der Waals surface area contributed by atoms with Crippen LogP contribution in [-0.4, -0.2) is 77.6 Å². The average molecular weight is 516 g/mol. The van der Waals surface area contributed by atoms with Gasteiger partial charge < -0.3 is 45.2 Å². The van der Waals surface area contributed by atoms with Crippen LogP contribution in [0.3, 0.4) is 0 Å². The summed E-state index contributed by atoms with van der Waals surface area (Å²) in [5.41, 5.74) is -1.69. The molecule has 1 aliphatic carbocycles. The lowest BCUT2D eigenvalue weighted by molar-refractivity contribution is -0.207. The summed E-state index contributed by atoms with van der Waals surface area (Å²) in [6, 6.07) is 7.48. The van der Waals surface area contributed by atoms with Crippen molar-refractivity contribution in [2.75, 3.05) is 0 Å². The third-order valence-corrected chi connectivity index (χ3v) is 5.60. The van der Waals surface area contributed by atoms with Crippen LogP contribution >= 0.6 is 0 Å². The summed E-state index contributed by atoms with van der Waals surface area (Å²) in [7, 11) is 0. The molecule has 0 spiro atoms. The van der Waals surface area contributed by atoms with Crippen molar-refractivity contribution in [3.63, 3.8) is 0 Å². The van der Waals surface area contributed by atoms with Crippen LogP contribution < -0.4 is 0 Å². The van der Waals surface area contributed by atoms with Gasteiger partial charge in [0.1, 0.15) is 0 Å². The van der Waals surface area contributed by atoms with Gasteiger partial charge in [0.2, 0.25) is 5.60 Å². The first-order valence-corrected chi connectivity index (χ1v) is 10.8. The molecular weight excluding hydrogens is 492 g/mol. The van der Waals surface area contributed by atoms with E-state index >= 15 is 0 Å². The van der Waals surface area contributed by atoms with E-state index in [9.17, 15) is 50.1 Å². The summed E-state index contributed by atoms with van der Waals surface area (Å²) in [5.74, 6) is -5.32. The summed E-state index contributed by atoms with van der Waals surface area (Å²) in [5, 5.41) is 68.3. The zero-order chi connectivity index (χ0) is 27.3. The number of benzene rings is 2. The number of phenols is 4. The Kier molecular flexibility index (Phi) is 8.05. The minimum atomic E-state index is -2.32. The van der Waals surface area contributed by atoms with E-state index in [0.717, 1.165) is 18.2 Å². The van der Waals surface area contributed by atoms with Gasteiger partial charge in [-0.25, -0.2) is 14.4 Å². The first-order valence-electron chi connectivity index (χ1n) is 10.8. The van der Waals surface area contributed by atoms with Gasteiger partial charge in [-0.3, -0.25) is 0 Å². The molecule has 12 nitrogen and oxygen atoms in total. The van der Waals surface area contributed by atoms with Gasteiger partial charge in [-0.1, -0.05) is 12.1 Å². The third-order valence-electron chi connectivity index (χ3n) is 5.60. The molecule has 0 aromatic heterocycles. The van der Waals surface area contributed by atoms with Gasteiger partial charge in [0.15, 0.2) is 29.1 Å². The Bertz CT molecular complexity index is 1240. The number of hydrogen-bond acceptors (Lipinski definition) is 11. The van der Waals surface area contributed by atoms with Crippen molar-refractivity contribution in [1.29, 1.82) is 0 Å². The zero-order valence-electron chi connectivity index (χ0n) is 19.1. The molecule has 1 aliphatic rings. The summed E-state index contributed by atoms with van der Waals surface area (Å²) in [6.45, 7) is 0. The fraction of sp³-hybridized carbons (Fsp3) is 0.240. The summed E-state index contributed by atoms with van der Waals surface area (Å²) in [6.07, 6.45) is -2.07. The van der Waals surface area contributed by atoms with Crippen LogP contribution in [0.25, 0.3) is 12.2 Å². The molecule has 0 unspecified atom stereocenters. The van der Waals surface area contributed by atoms with E-state index in [-0.39, 0.29) is 11.5 Å². The van der Waals surface area contributed by atoms with Gasteiger partial charge in [-0.05, 0) is 47.5 Å². The predicted octanol–water partition coefficient (Wildman–Crippen LogP) is 1.03. The lowest BCUT2D eigenvalue weighted by Crippen LogP contribution is -2.58. The summed E-state index contributed by atoms with van der Waals surface area (Å²) in [4.78, 5) is 36.4. The highest BCUT2D eigenvalue weighted by Crippen LogP contribution is 2.35. The van der Waals surface area contributed by atoms with Crippen molar-refractivity contribution in [3.05, 3.63) is 59.7 Å². The van der Waals surface area contributed by atoms with Crippen LogP contribution in [-0.2, 0) is 23.9 Å². The Morgan fingerprint density at radius 3 is 1.65 bits per heavy atom. The van der Waals surface area contributed by atoms with Crippen LogP contribution in [0, 0.1) is 0 Å². The fourth-order valence-electron chi connectivity index (χ4n) is 3.72. The minimum absolute atomic E-state index is 0.294. The van der Waals surface area contributed by atoms with Crippen molar-refractivity contribution in [1.82, 2.24) is 0 Å². The number of carboxylic acids is 1. The molecule has 37 heavy (non-hydrogen) atoms. The van der Waals surface area contributed by atoms with E-state index in [1.54, 1.807) is 0 Å². The summed E-state index contributed by atoms with van der Waals surface area (Å²) < 4.78 is 10.1. The van der Waals surface area contributed by atoms with Crippen molar-refractivity contribution >= 4 is 30.1 Å². The molecule has 1 saturated carbocycles. The molecule has 0 bridgehead atoms.